The minimum atomic E-state index is -0.382. The molecule has 0 aliphatic carbocycles. The highest BCUT2D eigenvalue weighted by Crippen LogP contribution is 2.17. The molecule has 0 heterocycles. The molecule has 2 rings (SSSR count). The number of carbonyl (C=O) groups excluding carboxylic acids is 2. The topological polar surface area (TPSA) is 67.4 Å². The van der Waals surface area contributed by atoms with Crippen molar-refractivity contribution < 1.29 is 14.3 Å². The van der Waals surface area contributed by atoms with Crippen molar-refractivity contribution in [3.8, 4) is 0 Å². The maximum absolute atomic E-state index is 12.1. The Morgan fingerprint density at radius 2 is 1.76 bits per heavy atom. The van der Waals surface area contributed by atoms with Crippen molar-refractivity contribution in [2.45, 2.75) is 33.0 Å². The van der Waals surface area contributed by atoms with Crippen LogP contribution in [0.15, 0.2) is 53.0 Å². The standard InChI is InChI=1S/C19H21BrN2O3/c1-13(2)22-19(24)21-11-14-7-9-15(10-8-14)18(23)25-12-16-5-3-4-6-17(16)20/h3-10,13H,11-12H2,1-2H3,(H2,21,22,24). The zero-order chi connectivity index (χ0) is 18.2. The zero-order valence-electron chi connectivity index (χ0n) is 14.2. The lowest BCUT2D eigenvalue weighted by atomic mass is 10.1. The maximum atomic E-state index is 12.1. The van der Waals surface area contributed by atoms with E-state index in [2.05, 4.69) is 26.6 Å². The van der Waals surface area contributed by atoms with Gasteiger partial charge in [0.25, 0.3) is 0 Å². The van der Waals surface area contributed by atoms with Gasteiger partial charge in [-0.15, -0.1) is 0 Å². The number of carbonyl (C=O) groups is 2. The van der Waals surface area contributed by atoms with Crippen LogP contribution in [0.2, 0.25) is 0 Å². The summed E-state index contributed by atoms with van der Waals surface area (Å²) in [4.78, 5) is 23.7. The number of benzene rings is 2. The van der Waals surface area contributed by atoms with Gasteiger partial charge in [0.05, 0.1) is 5.56 Å². The van der Waals surface area contributed by atoms with Crippen molar-refractivity contribution >= 4 is 27.9 Å². The number of rotatable bonds is 6. The fraction of sp³-hybridized carbons (Fsp3) is 0.263. The number of esters is 1. The maximum Gasteiger partial charge on any atom is 0.338 e. The van der Waals surface area contributed by atoms with Crippen LogP contribution in [0.4, 0.5) is 4.79 Å². The molecule has 132 valence electrons. The molecule has 0 radical (unpaired) electrons. The molecule has 2 N–H and O–H groups in total. The highest BCUT2D eigenvalue weighted by atomic mass is 79.9. The quantitative estimate of drug-likeness (QED) is 0.714. The number of hydrogen-bond donors (Lipinski definition) is 2. The first-order valence-corrected chi connectivity index (χ1v) is 8.79. The zero-order valence-corrected chi connectivity index (χ0v) is 15.8. The number of urea groups is 1. The van der Waals surface area contributed by atoms with Gasteiger partial charge >= 0.3 is 12.0 Å². The molecule has 2 amide bonds. The van der Waals surface area contributed by atoms with Crippen LogP contribution < -0.4 is 10.6 Å². The molecule has 0 aliphatic rings. The fourth-order valence-corrected chi connectivity index (χ4v) is 2.50. The van der Waals surface area contributed by atoms with Gasteiger partial charge in [-0.3, -0.25) is 0 Å². The Kier molecular flexibility index (Phi) is 7.01. The highest BCUT2D eigenvalue weighted by Gasteiger charge is 2.09. The van der Waals surface area contributed by atoms with E-state index in [1.165, 1.54) is 0 Å². The van der Waals surface area contributed by atoms with Crippen LogP contribution in [0, 0.1) is 0 Å². The molecule has 0 atom stereocenters. The summed E-state index contributed by atoms with van der Waals surface area (Å²) in [5.41, 5.74) is 2.29. The van der Waals surface area contributed by atoms with Crippen molar-refractivity contribution in [2.24, 2.45) is 0 Å². The van der Waals surface area contributed by atoms with Gasteiger partial charge in [0.15, 0.2) is 0 Å². The minimum Gasteiger partial charge on any atom is -0.457 e. The number of halogens is 1. The van der Waals surface area contributed by atoms with E-state index in [1.54, 1.807) is 24.3 Å². The van der Waals surface area contributed by atoms with Gasteiger partial charge in [-0.2, -0.15) is 0 Å². The SMILES string of the molecule is CC(C)NC(=O)NCc1ccc(C(=O)OCc2ccccc2Br)cc1. The Hall–Kier alpha value is -2.34. The second-order valence-corrected chi connectivity index (χ2v) is 6.70. The van der Waals surface area contributed by atoms with Crippen LogP contribution in [0.3, 0.4) is 0 Å². The molecular weight excluding hydrogens is 384 g/mol. The first-order valence-electron chi connectivity index (χ1n) is 7.99. The van der Waals surface area contributed by atoms with Crippen molar-refractivity contribution in [3.63, 3.8) is 0 Å². The molecule has 2 aromatic carbocycles. The Morgan fingerprint density at radius 1 is 1.08 bits per heavy atom. The lowest BCUT2D eigenvalue weighted by Crippen LogP contribution is -2.39. The molecule has 0 unspecified atom stereocenters. The third kappa shape index (κ3) is 6.23. The van der Waals surface area contributed by atoms with Crippen molar-refractivity contribution in [2.75, 3.05) is 0 Å². The summed E-state index contributed by atoms with van der Waals surface area (Å²) in [5, 5.41) is 5.51. The lowest BCUT2D eigenvalue weighted by molar-refractivity contribution is 0.0472. The first-order chi connectivity index (χ1) is 12.0. The summed E-state index contributed by atoms with van der Waals surface area (Å²) < 4.78 is 6.23. The average molecular weight is 405 g/mol. The lowest BCUT2D eigenvalue weighted by Gasteiger charge is -2.10. The second-order valence-electron chi connectivity index (χ2n) is 5.85. The summed E-state index contributed by atoms with van der Waals surface area (Å²) in [6, 6.07) is 14.5. The molecule has 0 fully saturated rings. The molecule has 6 heteroatoms. The average Bonchev–Trinajstić information content (AvgIpc) is 2.59. The number of ether oxygens (including phenoxy) is 1. The van der Waals surface area contributed by atoms with E-state index in [4.69, 9.17) is 4.74 Å². The molecule has 0 saturated carbocycles. The predicted octanol–water partition coefficient (Wildman–Crippen LogP) is 4.01. The van der Waals surface area contributed by atoms with Gasteiger partial charge in [0.1, 0.15) is 6.61 Å². The van der Waals surface area contributed by atoms with E-state index >= 15 is 0 Å². The summed E-state index contributed by atoms with van der Waals surface area (Å²) in [7, 11) is 0. The third-order valence-electron chi connectivity index (χ3n) is 3.38. The van der Waals surface area contributed by atoms with Crippen molar-refractivity contribution in [1.29, 1.82) is 0 Å². The Labute approximate surface area is 155 Å². The van der Waals surface area contributed by atoms with Crippen molar-refractivity contribution in [1.82, 2.24) is 10.6 Å². The molecule has 5 nitrogen and oxygen atoms in total. The number of amides is 2. The summed E-state index contributed by atoms with van der Waals surface area (Å²) in [6.07, 6.45) is 0. The van der Waals surface area contributed by atoms with Gasteiger partial charge in [-0.1, -0.05) is 46.3 Å². The monoisotopic (exact) mass is 404 g/mol. The van der Waals surface area contributed by atoms with E-state index in [0.29, 0.717) is 12.1 Å². The van der Waals surface area contributed by atoms with Gasteiger partial charge in [-0.25, -0.2) is 9.59 Å². The molecule has 25 heavy (non-hydrogen) atoms. The van der Waals surface area contributed by atoms with Crippen LogP contribution in [-0.2, 0) is 17.9 Å². The van der Waals surface area contributed by atoms with Crippen LogP contribution in [0.1, 0.15) is 35.3 Å². The molecule has 0 bridgehead atoms. The summed E-state index contributed by atoms with van der Waals surface area (Å²) >= 11 is 3.42. The van der Waals surface area contributed by atoms with Crippen LogP contribution >= 0.6 is 15.9 Å². The molecule has 2 aromatic rings. The van der Waals surface area contributed by atoms with E-state index < -0.39 is 0 Å². The largest absolute Gasteiger partial charge is 0.457 e. The molecule has 0 saturated heterocycles. The predicted molar refractivity (Wildman–Crippen MR) is 100 cm³/mol. The van der Waals surface area contributed by atoms with E-state index in [-0.39, 0.29) is 24.6 Å². The van der Waals surface area contributed by atoms with Gasteiger partial charge in [-0.05, 0) is 37.6 Å². The van der Waals surface area contributed by atoms with Crippen molar-refractivity contribution in [3.05, 3.63) is 69.7 Å². The summed E-state index contributed by atoms with van der Waals surface area (Å²) in [6.45, 7) is 4.39. The smallest absolute Gasteiger partial charge is 0.338 e. The Bertz CT molecular complexity index is 730. The van der Waals surface area contributed by atoms with Gasteiger partial charge in [0.2, 0.25) is 0 Å². The number of nitrogens with one attached hydrogen (secondary N) is 2. The van der Waals surface area contributed by atoms with Crippen LogP contribution in [-0.4, -0.2) is 18.0 Å². The van der Waals surface area contributed by atoms with Crippen LogP contribution in [0.25, 0.3) is 0 Å². The highest BCUT2D eigenvalue weighted by molar-refractivity contribution is 9.10. The van der Waals surface area contributed by atoms with Crippen LogP contribution in [0.5, 0.6) is 0 Å². The van der Waals surface area contributed by atoms with Gasteiger partial charge in [0, 0.05) is 22.6 Å². The third-order valence-corrected chi connectivity index (χ3v) is 4.15. The fourth-order valence-electron chi connectivity index (χ4n) is 2.10. The first kappa shape index (κ1) is 19.0. The normalized spacial score (nSPS) is 10.4. The summed E-state index contributed by atoms with van der Waals surface area (Å²) in [5.74, 6) is -0.382. The molecule has 0 aliphatic heterocycles. The van der Waals surface area contributed by atoms with Gasteiger partial charge < -0.3 is 15.4 Å². The van der Waals surface area contributed by atoms with E-state index in [0.717, 1.165) is 15.6 Å². The molecule has 0 aromatic heterocycles. The molecule has 0 spiro atoms. The minimum absolute atomic E-state index is 0.0850. The molecular formula is C19H21BrN2O3. The second kappa shape index (κ2) is 9.22. The van der Waals surface area contributed by atoms with E-state index in [1.807, 2.05) is 38.1 Å². The number of hydrogen-bond acceptors (Lipinski definition) is 3. The Morgan fingerprint density at radius 3 is 2.40 bits per heavy atom. The van der Waals surface area contributed by atoms with E-state index in [9.17, 15) is 9.59 Å². The Balaban J connectivity index is 1.85.